The monoisotopic (exact) mass is 337 g/mol. The van der Waals surface area contributed by atoms with E-state index in [4.69, 9.17) is 4.42 Å². The number of rotatable bonds is 6. The highest BCUT2D eigenvalue weighted by molar-refractivity contribution is 5.82. The first-order chi connectivity index (χ1) is 12.1. The molecule has 0 spiro atoms. The van der Waals surface area contributed by atoms with Crippen LogP contribution < -0.4 is 10.9 Å². The predicted molar refractivity (Wildman–Crippen MR) is 100 cm³/mol. The third kappa shape index (κ3) is 3.91. The van der Waals surface area contributed by atoms with Crippen molar-refractivity contribution < 1.29 is 9.52 Å². The Morgan fingerprint density at radius 1 is 1.12 bits per heavy atom. The molecule has 0 aliphatic rings. The van der Waals surface area contributed by atoms with Gasteiger partial charge in [0, 0.05) is 30.6 Å². The summed E-state index contributed by atoms with van der Waals surface area (Å²) in [6.07, 6.45) is 0.721. The molecular weight excluding hydrogens is 314 g/mol. The van der Waals surface area contributed by atoms with Crippen molar-refractivity contribution in [1.82, 2.24) is 5.32 Å². The van der Waals surface area contributed by atoms with Gasteiger partial charge in [-0.05, 0) is 35.1 Å². The molecule has 0 radical (unpaired) electrons. The van der Waals surface area contributed by atoms with E-state index in [1.165, 1.54) is 17.7 Å². The summed E-state index contributed by atoms with van der Waals surface area (Å²) in [6, 6.07) is 15.3. The van der Waals surface area contributed by atoms with Gasteiger partial charge in [-0.3, -0.25) is 0 Å². The van der Waals surface area contributed by atoms with Crippen molar-refractivity contribution in [3.05, 3.63) is 75.6 Å². The molecule has 25 heavy (non-hydrogen) atoms. The van der Waals surface area contributed by atoms with E-state index in [1.807, 2.05) is 31.2 Å². The lowest BCUT2D eigenvalue weighted by atomic mass is 10.0. The molecule has 4 heteroatoms. The normalized spacial score (nSPS) is 12.4. The van der Waals surface area contributed by atoms with Crippen molar-refractivity contribution in [2.24, 2.45) is 0 Å². The van der Waals surface area contributed by atoms with Crippen molar-refractivity contribution in [1.29, 1.82) is 0 Å². The number of aryl methyl sites for hydroxylation is 1. The maximum atomic E-state index is 11.8. The van der Waals surface area contributed by atoms with Crippen molar-refractivity contribution in [2.75, 3.05) is 6.54 Å². The fourth-order valence-electron chi connectivity index (χ4n) is 3.06. The van der Waals surface area contributed by atoms with E-state index in [-0.39, 0.29) is 5.75 Å². The Morgan fingerprint density at radius 3 is 2.60 bits per heavy atom. The van der Waals surface area contributed by atoms with Crippen LogP contribution in [-0.4, -0.2) is 11.7 Å². The highest BCUT2D eigenvalue weighted by atomic mass is 16.4. The molecule has 1 heterocycles. The van der Waals surface area contributed by atoms with Crippen LogP contribution in [0.4, 0.5) is 0 Å². The largest absolute Gasteiger partial charge is 0.508 e. The van der Waals surface area contributed by atoms with Crippen LogP contribution >= 0.6 is 0 Å². The molecule has 0 saturated carbocycles. The Bertz CT molecular complexity index is 916. The molecule has 0 aliphatic heterocycles. The smallest absolute Gasteiger partial charge is 0.336 e. The van der Waals surface area contributed by atoms with Gasteiger partial charge < -0.3 is 14.8 Å². The third-order valence-electron chi connectivity index (χ3n) is 4.54. The zero-order chi connectivity index (χ0) is 17.8. The van der Waals surface area contributed by atoms with E-state index < -0.39 is 5.63 Å². The topological polar surface area (TPSA) is 62.5 Å². The van der Waals surface area contributed by atoms with E-state index >= 15 is 0 Å². The van der Waals surface area contributed by atoms with Crippen LogP contribution in [0.3, 0.4) is 0 Å². The second kappa shape index (κ2) is 7.53. The maximum Gasteiger partial charge on any atom is 0.336 e. The summed E-state index contributed by atoms with van der Waals surface area (Å²) in [5.74, 6) is 0.545. The zero-order valence-corrected chi connectivity index (χ0v) is 14.6. The van der Waals surface area contributed by atoms with Crippen molar-refractivity contribution in [3.8, 4) is 5.75 Å². The van der Waals surface area contributed by atoms with E-state index in [1.54, 1.807) is 0 Å². The standard InChI is InChI=1S/C21H23NO3/c1-3-15-9-18-17(10-21(24)25-20(18)11-19(15)23)13-22-12-14(2)16-7-5-4-6-8-16/h4-11,14,22-23H,3,12-13H2,1-2H3/t14-/m0/s1. The summed E-state index contributed by atoms with van der Waals surface area (Å²) in [5.41, 5.74) is 3.05. The Kier molecular flexibility index (Phi) is 5.19. The molecule has 0 saturated heterocycles. The minimum Gasteiger partial charge on any atom is -0.508 e. The number of benzene rings is 2. The summed E-state index contributed by atoms with van der Waals surface area (Å²) >= 11 is 0. The summed E-state index contributed by atoms with van der Waals surface area (Å²) in [4.78, 5) is 11.8. The fourth-order valence-corrected chi connectivity index (χ4v) is 3.06. The molecule has 3 rings (SSSR count). The predicted octanol–water partition coefficient (Wildman–Crippen LogP) is 3.95. The van der Waals surface area contributed by atoms with Gasteiger partial charge in [-0.25, -0.2) is 4.79 Å². The molecule has 2 N–H and O–H groups in total. The van der Waals surface area contributed by atoms with Crippen LogP contribution in [0.1, 0.15) is 36.5 Å². The number of aromatic hydroxyl groups is 1. The molecule has 130 valence electrons. The second-order valence-electron chi connectivity index (χ2n) is 6.36. The van der Waals surface area contributed by atoms with Crippen LogP contribution in [0.15, 0.2) is 57.7 Å². The summed E-state index contributed by atoms with van der Waals surface area (Å²) in [6.45, 7) is 5.55. The van der Waals surface area contributed by atoms with Gasteiger partial charge in [-0.15, -0.1) is 0 Å². The first-order valence-electron chi connectivity index (χ1n) is 8.62. The highest BCUT2D eigenvalue weighted by Gasteiger charge is 2.11. The third-order valence-corrected chi connectivity index (χ3v) is 4.54. The molecule has 0 bridgehead atoms. The molecule has 1 aromatic heterocycles. The molecule has 0 aliphatic carbocycles. The average Bonchev–Trinajstić information content (AvgIpc) is 2.61. The van der Waals surface area contributed by atoms with Crippen LogP contribution in [0.2, 0.25) is 0 Å². The Labute approximate surface area is 147 Å². The van der Waals surface area contributed by atoms with Crippen molar-refractivity contribution in [3.63, 3.8) is 0 Å². The van der Waals surface area contributed by atoms with E-state index in [2.05, 4.69) is 24.4 Å². The summed E-state index contributed by atoms with van der Waals surface area (Å²) in [7, 11) is 0. The lowest BCUT2D eigenvalue weighted by Gasteiger charge is -2.14. The number of nitrogens with one attached hydrogen (secondary N) is 1. The Morgan fingerprint density at radius 2 is 1.88 bits per heavy atom. The van der Waals surface area contributed by atoms with E-state index in [0.29, 0.717) is 18.0 Å². The molecule has 0 amide bonds. The molecular formula is C21H23NO3. The van der Waals surface area contributed by atoms with Crippen LogP contribution in [-0.2, 0) is 13.0 Å². The zero-order valence-electron chi connectivity index (χ0n) is 14.6. The molecule has 3 aromatic rings. The molecule has 0 fully saturated rings. The fraction of sp³-hybridized carbons (Fsp3) is 0.286. The lowest BCUT2D eigenvalue weighted by Crippen LogP contribution is -2.20. The first-order valence-corrected chi connectivity index (χ1v) is 8.62. The molecule has 1 atom stereocenters. The van der Waals surface area contributed by atoms with Crippen molar-refractivity contribution >= 4 is 11.0 Å². The van der Waals surface area contributed by atoms with E-state index in [9.17, 15) is 9.90 Å². The molecule has 2 aromatic carbocycles. The Balaban J connectivity index is 1.80. The number of hydrogen-bond donors (Lipinski definition) is 2. The average molecular weight is 337 g/mol. The lowest BCUT2D eigenvalue weighted by molar-refractivity contribution is 0.466. The van der Waals surface area contributed by atoms with Crippen molar-refractivity contribution in [2.45, 2.75) is 32.7 Å². The number of hydrogen-bond acceptors (Lipinski definition) is 4. The van der Waals surface area contributed by atoms with Gasteiger partial charge in [0.15, 0.2) is 0 Å². The summed E-state index contributed by atoms with van der Waals surface area (Å²) < 4.78 is 5.24. The maximum absolute atomic E-state index is 11.8. The number of fused-ring (bicyclic) bond motifs is 1. The van der Waals surface area contributed by atoms with Crippen LogP contribution in [0.5, 0.6) is 5.75 Å². The molecule has 4 nitrogen and oxygen atoms in total. The van der Waals surface area contributed by atoms with Gasteiger partial charge >= 0.3 is 5.63 Å². The minimum absolute atomic E-state index is 0.168. The number of phenolic OH excluding ortho intramolecular Hbond substituents is 1. The second-order valence-corrected chi connectivity index (χ2v) is 6.36. The van der Waals surface area contributed by atoms with Gasteiger partial charge in [0.1, 0.15) is 11.3 Å². The van der Waals surface area contributed by atoms with E-state index in [0.717, 1.165) is 29.5 Å². The highest BCUT2D eigenvalue weighted by Crippen LogP contribution is 2.27. The quantitative estimate of drug-likeness (QED) is 0.669. The Hall–Kier alpha value is -2.59. The first kappa shape index (κ1) is 17.2. The van der Waals surface area contributed by atoms with Crippen LogP contribution in [0, 0.1) is 0 Å². The minimum atomic E-state index is -0.399. The summed E-state index contributed by atoms with van der Waals surface area (Å²) in [5, 5.41) is 14.3. The van der Waals surface area contributed by atoms with Crippen LogP contribution in [0.25, 0.3) is 11.0 Å². The van der Waals surface area contributed by atoms with Gasteiger partial charge in [0.2, 0.25) is 0 Å². The van der Waals surface area contributed by atoms with Gasteiger partial charge in [0.25, 0.3) is 0 Å². The SMILES string of the molecule is CCc1cc2c(CNC[C@H](C)c3ccccc3)cc(=O)oc2cc1O. The van der Waals surface area contributed by atoms with Gasteiger partial charge in [-0.1, -0.05) is 44.2 Å². The van der Waals surface area contributed by atoms with Gasteiger partial charge in [-0.2, -0.15) is 0 Å². The number of phenols is 1. The molecule has 0 unspecified atom stereocenters. The van der Waals surface area contributed by atoms with Gasteiger partial charge in [0.05, 0.1) is 0 Å².